The maximum absolute atomic E-state index is 5.77. The molecule has 0 aliphatic carbocycles. The van der Waals surface area contributed by atoms with Crippen molar-refractivity contribution in [2.45, 2.75) is 13.8 Å². The molecule has 0 unspecified atom stereocenters. The number of hydrazone groups is 1. The molecule has 1 saturated heterocycles. The molecule has 27 heavy (non-hydrogen) atoms. The maximum Gasteiger partial charge on any atom is 0.215 e. The summed E-state index contributed by atoms with van der Waals surface area (Å²) in [4.78, 5) is 6.79. The Balaban J connectivity index is 1.74. The minimum Gasteiger partial charge on any atom is -0.476 e. The molecule has 0 bridgehead atoms. The summed E-state index contributed by atoms with van der Waals surface area (Å²) >= 11 is 0. The maximum atomic E-state index is 5.77. The molecule has 0 atom stereocenters. The largest absolute Gasteiger partial charge is 0.476 e. The molecule has 0 radical (unpaired) electrons. The van der Waals surface area contributed by atoms with E-state index in [4.69, 9.17) is 13.9 Å². The summed E-state index contributed by atoms with van der Waals surface area (Å²) in [6.45, 7) is 8.37. The summed E-state index contributed by atoms with van der Waals surface area (Å²) in [6.07, 6.45) is 1.67. The Bertz CT molecular complexity index is 749. The normalized spacial score (nSPS) is 14.7. The van der Waals surface area contributed by atoms with Gasteiger partial charge in [0, 0.05) is 37.5 Å². The van der Waals surface area contributed by atoms with Gasteiger partial charge in [-0.15, -0.1) is 0 Å². The van der Waals surface area contributed by atoms with Crippen LogP contribution >= 0.6 is 0 Å². The van der Waals surface area contributed by atoms with Gasteiger partial charge in [0.25, 0.3) is 0 Å². The van der Waals surface area contributed by atoms with Crippen molar-refractivity contribution in [1.29, 1.82) is 0 Å². The summed E-state index contributed by atoms with van der Waals surface area (Å²) in [5.41, 5.74) is 5.76. The van der Waals surface area contributed by atoms with E-state index >= 15 is 0 Å². The van der Waals surface area contributed by atoms with E-state index in [1.54, 1.807) is 6.21 Å². The van der Waals surface area contributed by atoms with Crippen molar-refractivity contribution in [2.75, 3.05) is 56.8 Å². The average Bonchev–Trinajstić information content (AvgIpc) is 3.00. The number of nitrogens with zero attached hydrogens (tertiary/aromatic N) is 3. The van der Waals surface area contributed by atoms with Gasteiger partial charge >= 0.3 is 0 Å². The van der Waals surface area contributed by atoms with Crippen LogP contribution in [0.4, 0.5) is 11.6 Å². The van der Waals surface area contributed by atoms with Gasteiger partial charge in [-0.1, -0.05) is 0 Å². The number of rotatable bonds is 8. The fourth-order valence-electron chi connectivity index (χ4n) is 2.70. The van der Waals surface area contributed by atoms with Gasteiger partial charge < -0.3 is 24.1 Å². The third-order valence-electron chi connectivity index (χ3n) is 4.32. The molecule has 1 aliphatic heterocycles. The molecule has 2 aromatic heterocycles. The summed E-state index contributed by atoms with van der Waals surface area (Å²) < 4.78 is 16.8. The Morgan fingerprint density at radius 2 is 2.07 bits per heavy atom. The van der Waals surface area contributed by atoms with Crippen LogP contribution in [0.2, 0.25) is 0 Å². The zero-order valence-corrected chi connectivity index (χ0v) is 16.1. The number of hydrogen-bond acceptors (Lipinski definition) is 8. The van der Waals surface area contributed by atoms with E-state index in [9.17, 15) is 0 Å². The van der Waals surface area contributed by atoms with E-state index in [0.717, 1.165) is 49.9 Å². The van der Waals surface area contributed by atoms with Crippen LogP contribution in [0.1, 0.15) is 17.0 Å². The summed E-state index contributed by atoms with van der Waals surface area (Å²) in [5.74, 6) is 2.07. The van der Waals surface area contributed by atoms with Gasteiger partial charge in [0.1, 0.15) is 12.4 Å². The smallest absolute Gasteiger partial charge is 0.215 e. The molecular weight excluding hydrogens is 346 g/mol. The van der Waals surface area contributed by atoms with E-state index < -0.39 is 0 Å². The number of nitrogens with one attached hydrogen (secondary N) is 2. The van der Waals surface area contributed by atoms with Gasteiger partial charge in [-0.2, -0.15) is 5.10 Å². The lowest BCUT2D eigenvalue weighted by Crippen LogP contribution is -2.36. The van der Waals surface area contributed by atoms with Gasteiger partial charge in [-0.25, -0.2) is 10.4 Å². The standard InChI is InChI=1S/C19H27N5O3/c1-14-10-19(27-15(14)2)23-21-13-16-11-17(24-5-8-25-9-6-24)12-18(22-16)26-7-4-20-3/h10-13,20,23H,4-9H2,1-3H3/b21-13+. The highest BCUT2D eigenvalue weighted by molar-refractivity contribution is 5.79. The van der Waals surface area contributed by atoms with Crippen LogP contribution in [0.15, 0.2) is 27.7 Å². The molecule has 3 heterocycles. The first-order valence-corrected chi connectivity index (χ1v) is 9.14. The van der Waals surface area contributed by atoms with Crippen LogP contribution in [0, 0.1) is 13.8 Å². The number of pyridine rings is 1. The number of hydrogen-bond donors (Lipinski definition) is 2. The molecule has 8 heteroatoms. The second-order valence-electron chi connectivity index (χ2n) is 6.36. The van der Waals surface area contributed by atoms with Crippen molar-refractivity contribution < 1.29 is 13.9 Å². The molecule has 0 amide bonds. The molecule has 0 aromatic carbocycles. The lowest BCUT2D eigenvalue weighted by Gasteiger charge is -2.29. The third kappa shape index (κ3) is 5.45. The van der Waals surface area contributed by atoms with E-state index in [1.165, 1.54) is 0 Å². The second kappa shape index (κ2) is 9.38. The second-order valence-corrected chi connectivity index (χ2v) is 6.36. The van der Waals surface area contributed by atoms with Gasteiger partial charge in [0.15, 0.2) is 0 Å². The van der Waals surface area contributed by atoms with E-state index in [2.05, 4.69) is 25.7 Å². The van der Waals surface area contributed by atoms with Gasteiger partial charge in [-0.05, 0) is 32.5 Å². The minimum absolute atomic E-state index is 0.551. The Labute approximate surface area is 159 Å². The van der Waals surface area contributed by atoms with Crippen molar-refractivity contribution >= 4 is 17.8 Å². The van der Waals surface area contributed by atoms with Gasteiger partial charge in [-0.3, -0.25) is 0 Å². The van der Waals surface area contributed by atoms with E-state index in [-0.39, 0.29) is 0 Å². The fraction of sp³-hybridized carbons (Fsp3) is 0.474. The van der Waals surface area contributed by atoms with Crippen LogP contribution in [0.25, 0.3) is 0 Å². The number of morpholine rings is 1. The molecule has 0 spiro atoms. The number of aromatic nitrogens is 1. The molecule has 2 aromatic rings. The molecule has 1 fully saturated rings. The SMILES string of the molecule is CNCCOc1cc(N2CCOCC2)cc(/C=N/Nc2cc(C)c(C)o2)n1. The Morgan fingerprint density at radius 3 is 2.78 bits per heavy atom. The van der Waals surface area contributed by atoms with Crippen LogP contribution in [0.3, 0.4) is 0 Å². The van der Waals surface area contributed by atoms with Crippen LogP contribution in [-0.2, 0) is 4.74 Å². The highest BCUT2D eigenvalue weighted by Gasteiger charge is 2.14. The molecule has 2 N–H and O–H groups in total. The molecule has 8 nitrogen and oxygen atoms in total. The topological polar surface area (TPSA) is 84.2 Å². The van der Waals surface area contributed by atoms with Crippen molar-refractivity contribution in [3.8, 4) is 5.88 Å². The monoisotopic (exact) mass is 373 g/mol. The van der Waals surface area contributed by atoms with E-state index in [0.29, 0.717) is 24.1 Å². The minimum atomic E-state index is 0.551. The first kappa shape index (κ1) is 19.2. The fourth-order valence-corrected chi connectivity index (χ4v) is 2.70. The summed E-state index contributed by atoms with van der Waals surface area (Å²) in [5, 5.41) is 7.31. The molecule has 3 rings (SSSR count). The predicted molar refractivity (Wildman–Crippen MR) is 106 cm³/mol. The van der Waals surface area contributed by atoms with Crippen molar-refractivity contribution in [3.63, 3.8) is 0 Å². The zero-order chi connectivity index (χ0) is 19.1. The highest BCUT2D eigenvalue weighted by Crippen LogP contribution is 2.22. The molecule has 1 aliphatic rings. The van der Waals surface area contributed by atoms with Crippen LogP contribution in [0.5, 0.6) is 5.88 Å². The number of aryl methyl sites for hydroxylation is 2. The third-order valence-corrected chi connectivity index (χ3v) is 4.32. The lowest BCUT2D eigenvalue weighted by atomic mass is 10.2. The van der Waals surface area contributed by atoms with Crippen molar-refractivity contribution in [2.24, 2.45) is 5.10 Å². The number of likely N-dealkylation sites (N-methyl/N-ethyl adjacent to an activating group) is 1. The zero-order valence-electron chi connectivity index (χ0n) is 16.1. The molecular formula is C19H27N5O3. The highest BCUT2D eigenvalue weighted by atomic mass is 16.5. The molecule has 146 valence electrons. The number of anilines is 2. The average molecular weight is 373 g/mol. The lowest BCUT2D eigenvalue weighted by molar-refractivity contribution is 0.122. The number of furan rings is 1. The summed E-state index contributed by atoms with van der Waals surface area (Å²) in [6, 6.07) is 5.88. The first-order valence-electron chi connectivity index (χ1n) is 9.14. The van der Waals surface area contributed by atoms with Crippen LogP contribution < -0.4 is 20.4 Å². The number of ether oxygens (including phenoxy) is 2. The Hall–Kier alpha value is -2.58. The molecule has 0 saturated carbocycles. The van der Waals surface area contributed by atoms with Crippen LogP contribution in [-0.4, -0.2) is 57.7 Å². The Morgan fingerprint density at radius 1 is 1.26 bits per heavy atom. The predicted octanol–water partition coefficient (Wildman–Crippen LogP) is 2.17. The quantitative estimate of drug-likeness (QED) is 0.417. The van der Waals surface area contributed by atoms with Gasteiger partial charge in [0.05, 0.1) is 25.1 Å². The van der Waals surface area contributed by atoms with Crippen molar-refractivity contribution in [1.82, 2.24) is 10.3 Å². The van der Waals surface area contributed by atoms with E-state index in [1.807, 2.05) is 39.1 Å². The first-order chi connectivity index (χ1) is 13.2. The Kier molecular flexibility index (Phi) is 6.67. The summed E-state index contributed by atoms with van der Waals surface area (Å²) in [7, 11) is 1.89. The van der Waals surface area contributed by atoms with Crippen molar-refractivity contribution in [3.05, 3.63) is 35.2 Å². The van der Waals surface area contributed by atoms with Gasteiger partial charge in [0.2, 0.25) is 11.8 Å².